The van der Waals surface area contributed by atoms with Crippen molar-refractivity contribution in [3.05, 3.63) is 0 Å². The zero-order valence-electron chi connectivity index (χ0n) is 10.8. The first-order valence-electron chi connectivity index (χ1n) is 5.56. The predicted molar refractivity (Wildman–Crippen MR) is 61.9 cm³/mol. The number of hydrogen-bond donors (Lipinski definition) is 2. The first-order valence-corrected chi connectivity index (χ1v) is 5.56. The molecule has 1 atom stereocenters. The molecule has 6 nitrogen and oxygen atoms in total. The number of carbonyl (C=O) groups excluding carboxylic acids is 1. The average molecular weight is 247 g/mol. The van der Waals surface area contributed by atoms with Crippen LogP contribution >= 0.6 is 0 Å². The smallest absolute Gasteiger partial charge is 0.408 e. The normalized spacial score (nSPS) is 12.9. The second kappa shape index (κ2) is 7.11. The Balaban J connectivity index is 4.16. The Kier molecular flexibility index (Phi) is 6.57. The monoisotopic (exact) mass is 247 g/mol. The molecule has 0 aromatic heterocycles. The van der Waals surface area contributed by atoms with Gasteiger partial charge in [-0.25, -0.2) is 9.59 Å². The highest BCUT2D eigenvalue weighted by molar-refractivity contribution is 5.79. The highest BCUT2D eigenvalue weighted by atomic mass is 16.6. The van der Waals surface area contributed by atoms with E-state index in [-0.39, 0.29) is 13.0 Å². The Morgan fingerprint density at radius 3 is 2.35 bits per heavy atom. The van der Waals surface area contributed by atoms with Crippen LogP contribution in [0.2, 0.25) is 0 Å². The lowest BCUT2D eigenvalue weighted by atomic mass is 10.2. The fraction of sp³-hybridized carbons (Fsp3) is 0.818. The van der Waals surface area contributed by atoms with Crippen LogP contribution in [0.1, 0.15) is 34.1 Å². The van der Waals surface area contributed by atoms with E-state index in [4.69, 9.17) is 14.6 Å². The van der Waals surface area contributed by atoms with Crippen molar-refractivity contribution in [1.82, 2.24) is 5.32 Å². The molecule has 0 aromatic rings. The minimum Gasteiger partial charge on any atom is -0.480 e. The Morgan fingerprint density at radius 1 is 1.35 bits per heavy atom. The van der Waals surface area contributed by atoms with Crippen molar-refractivity contribution in [2.75, 3.05) is 13.2 Å². The fourth-order valence-electron chi connectivity index (χ4n) is 1.05. The zero-order chi connectivity index (χ0) is 13.5. The van der Waals surface area contributed by atoms with Gasteiger partial charge in [0.1, 0.15) is 11.6 Å². The van der Waals surface area contributed by atoms with Crippen LogP contribution in [0.5, 0.6) is 0 Å². The zero-order valence-corrected chi connectivity index (χ0v) is 10.8. The molecule has 0 aliphatic carbocycles. The van der Waals surface area contributed by atoms with Crippen molar-refractivity contribution in [2.45, 2.75) is 45.8 Å². The number of rotatable bonds is 6. The number of alkyl carbamates (subject to hydrolysis) is 1. The van der Waals surface area contributed by atoms with Crippen LogP contribution in [0.3, 0.4) is 0 Å². The van der Waals surface area contributed by atoms with Gasteiger partial charge < -0.3 is 19.9 Å². The molecule has 2 N–H and O–H groups in total. The van der Waals surface area contributed by atoms with Gasteiger partial charge in [-0.3, -0.25) is 0 Å². The number of aliphatic carboxylic acids is 1. The molecule has 6 heteroatoms. The van der Waals surface area contributed by atoms with E-state index in [0.29, 0.717) is 6.61 Å². The summed E-state index contributed by atoms with van der Waals surface area (Å²) in [5.41, 5.74) is -0.646. The molecule has 0 spiro atoms. The summed E-state index contributed by atoms with van der Waals surface area (Å²) >= 11 is 0. The van der Waals surface area contributed by atoms with Crippen LogP contribution in [0, 0.1) is 0 Å². The van der Waals surface area contributed by atoms with E-state index in [1.54, 1.807) is 20.8 Å². The van der Waals surface area contributed by atoms with E-state index < -0.39 is 23.7 Å². The lowest BCUT2D eigenvalue weighted by Crippen LogP contribution is -2.44. The molecule has 0 aliphatic heterocycles. The summed E-state index contributed by atoms with van der Waals surface area (Å²) in [5, 5.41) is 11.2. The predicted octanol–water partition coefficient (Wildman–Crippen LogP) is 1.39. The molecule has 0 saturated heterocycles. The van der Waals surface area contributed by atoms with Gasteiger partial charge in [0.2, 0.25) is 0 Å². The second-order valence-corrected chi connectivity index (χ2v) is 4.52. The SMILES string of the molecule is CCOCC[C@@H](NC(=O)OC(C)(C)C)C(=O)O. The maximum atomic E-state index is 11.4. The lowest BCUT2D eigenvalue weighted by Gasteiger charge is -2.21. The first kappa shape index (κ1) is 15.7. The molecule has 0 bridgehead atoms. The second-order valence-electron chi connectivity index (χ2n) is 4.52. The van der Waals surface area contributed by atoms with Gasteiger partial charge in [-0.2, -0.15) is 0 Å². The minimum atomic E-state index is -1.10. The Bertz CT molecular complexity index is 259. The number of carboxylic acid groups (broad SMARTS) is 1. The summed E-state index contributed by atoms with van der Waals surface area (Å²) in [5.74, 6) is -1.10. The minimum absolute atomic E-state index is 0.211. The van der Waals surface area contributed by atoms with Crippen LogP contribution in [0.25, 0.3) is 0 Å². The summed E-state index contributed by atoms with van der Waals surface area (Å²) in [6.45, 7) is 7.74. The standard InChI is InChI=1S/C11H21NO5/c1-5-16-7-6-8(9(13)14)12-10(15)17-11(2,3)4/h8H,5-7H2,1-4H3,(H,12,15)(H,13,14)/t8-/m1/s1. The van der Waals surface area contributed by atoms with Crippen LogP contribution in [0.4, 0.5) is 4.79 Å². The summed E-state index contributed by atoms with van der Waals surface area (Å²) in [4.78, 5) is 22.2. The number of nitrogens with one attached hydrogen (secondary N) is 1. The molecule has 0 unspecified atom stereocenters. The van der Waals surface area contributed by atoms with Gasteiger partial charge in [-0.05, 0) is 27.7 Å². The van der Waals surface area contributed by atoms with E-state index in [1.807, 2.05) is 6.92 Å². The van der Waals surface area contributed by atoms with Crippen LogP contribution in [-0.4, -0.2) is 42.0 Å². The molecule has 0 saturated carbocycles. The quantitative estimate of drug-likeness (QED) is 0.693. The molecule has 0 aromatic carbocycles. The van der Waals surface area contributed by atoms with Gasteiger partial charge in [0, 0.05) is 19.6 Å². The lowest BCUT2D eigenvalue weighted by molar-refractivity contribution is -0.140. The molecule has 0 heterocycles. The van der Waals surface area contributed by atoms with Crippen molar-refractivity contribution in [2.24, 2.45) is 0 Å². The fourth-order valence-corrected chi connectivity index (χ4v) is 1.05. The van der Waals surface area contributed by atoms with Crippen molar-refractivity contribution >= 4 is 12.1 Å². The summed E-state index contributed by atoms with van der Waals surface area (Å²) in [6, 6.07) is -0.989. The van der Waals surface area contributed by atoms with Gasteiger partial charge in [0.25, 0.3) is 0 Å². The maximum absolute atomic E-state index is 11.4. The van der Waals surface area contributed by atoms with Crippen LogP contribution in [-0.2, 0) is 14.3 Å². The highest BCUT2D eigenvalue weighted by Crippen LogP contribution is 2.07. The molecule has 0 radical (unpaired) electrons. The third kappa shape index (κ3) is 8.50. The summed E-state index contributed by atoms with van der Waals surface area (Å²) in [6.07, 6.45) is -0.524. The highest BCUT2D eigenvalue weighted by Gasteiger charge is 2.23. The molecule has 17 heavy (non-hydrogen) atoms. The van der Waals surface area contributed by atoms with Gasteiger partial charge in [-0.1, -0.05) is 0 Å². The first-order chi connectivity index (χ1) is 7.76. The molecule has 0 rings (SSSR count). The van der Waals surface area contributed by atoms with Crippen molar-refractivity contribution < 1.29 is 24.2 Å². The van der Waals surface area contributed by atoms with Gasteiger partial charge in [0.15, 0.2) is 0 Å². The van der Waals surface area contributed by atoms with Gasteiger partial charge in [-0.15, -0.1) is 0 Å². The van der Waals surface area contributed by atoms with Gasteiger partial charge in [0.05, 0.1) is 0 Å². The average Bonchev–Trinajstić information content (AvgIpc) is 2.13. The third-order valence-electron chi connectivity index (χ3n) is 1.74. The Hall–Kier alpha value is -1.30. The van der Waals surface area contributed by atoms with Crippen LogP contribution < -0.4 is 5.32 Å². The molecular formula is C11H21NO5. The molecular weight excluding hydrogens is 226 g/mol. The van der Waals surface area contributed by atoms with E-state index in [1.165, 1.54) is 0 Å². The topological polar surface area (TPSA) is 84.9 Å². The van der Waals surface area contributed by atoms with E-state index in [0.717, 1.165) is 0 Å². The molecule has 0 fully saturated rings. The summed E-state index contributed by atoms with van der Waals surface area (Å²) < 4.78 is 10.0. The Labute approximate surface area is 101 Å². The van der Waals surface area contributed by atoms with E-state index in [2.05, 4.69) is 5.32 Å². The Morgan fingerprint density at radius 2 is 1.94 bits per heavy atom. The number of carboxylic acids is 1. The van der Waals surface area contributed by atoms with Crippen LogP contribution in [0.15, 0.2) is 0 Å². The number of amides is 1. The van der Waals surface area contributed by atoms with Crippen molar-refractivity contribution in [1.29, 1.82) is 0 Å². The van der Waals surface area contributed by atoms with Crippen molar-refractivity contribution in [3.63, 3.8) is 0 Å². The van der Waals surface area contributed by atoms with E-state index in [9.17, 15) is 9.59 Å². The number of carbonyl (C=O) groups is 2. The molecule has 0 aliphatic rings. The largest absolute Gasteiger partial charge is 0.480 e. The number of hydrogen-bond acceptors (Lipinski definition) is 4. The summed E-state index contributed by atoms with van der Waals surface area (Å²) in [7, 11) is 0. The number of ether oxygens (including phenoxy) is 2. The molecule has 100 valence electrons. The van der Waals surface area contributed by atoms with Gasteiger partial charge >= 0.3 is 12.1 Å². The van der Waals surface area contributed by atoms with E-state index >= 15 is 0 Å². The van der Waals surface area contributed by atoms with Crippen molar-refractivity contribution in [3.8, 4) is 0 Å². The maximum Gasteiger partial charge on any atom is 0.408 e. The molecule has 1 amide bonds. The third-order valence-corrected chi connectivity index (χ3v) is 1.74.